The van der Waals surface area contributed by atoms with Gasteiger partial charge in [-0.25, -0.2) is 0 Å². The minimum atomic E-state index is 0.764. The van der Waals surface area contributed by atoms with Gasteiger partial charge in [0.1, 0.15) is 0 Å². The van der Waals surface area contributed by atoms with Crippen molar-refractivity contribution in [2.45, 2.75) is 13.3 Å². The minimum Gasteiger partial charge on any atom is -0.385 e. The normalized spacial score (nSPS) is 20.5. The average Bonchev–Trinajstić information content (AvgIpc) is 2.69. The molecule has 0 radical (unpaired) electrons. The summed E-state index contributed by atoms with van der Waals surface area (Å²) in [5.41, 5.74) is 2.42. The molecule has 0 amide bonds. The van der Waals surface area contributed by atoms with Crippen molar-refractivity contribution in [2.75, 3.05) is 25.0 Å². The first-order valence-corrected chi connectivity index (χ1v) is 5.84. The zero-order valence-electron chi connectivity index (χ0n) is 9.02. The molecule has 0 bridgehead atoms. The second kappa shape index (κ2) is 4.86. The van der Waals surface area contributed by atoms with Crippen LogP contribution >= 0.6 is 11.6 Å². The van der Waals surface area contributed by atoms with Gasteiger partial charge in [-0.1, -0.05) is 11.6 Å². The van der Waals surface area contributed by atoms with Gasteiger partial charge in [0, 0.05) is 17.3 Å². The molecule has 2 rings (SSSR count). The fraction of sp³-hybridized carbons (Fsp3) is 0.500. The van der Waals surface area contributed by atoms with Crippen molar-refractivity contribution < 1.29 is 0 Å². The van der Waals surface area contributed by atoms with E-state index in [1.54, 1.807) is 0 Å². The molecule has 0 saturated carbocycles. The molecule has 1 fully saturated rings. The highest BCUT2D eigenvalue weighted by Gasteiger charge is 2.13. The van der Waals surface area contributed by atoms with Crippen LogP contribution in [0.2, 0.25) is 5.02 Å². The van der Waals surface area contributed by atoms with Gasteiger partial charge in [0.2, 0.25) is 0 Å². The van der Waals surface area contributed by atoms with Crippen LogP contribution in [0.4, 0.5) is 5.69 Å². The summed E-state index contributed by atoms with van der Waals surface area (Å²) in [4.78, 5) is 0. The lowest BCUT2D eigenvalue weighted by Gasteiger charge is -2.13. The lowest BCUT2D eigenvalue weighted by molar-refractivity contribution is 0.615. The molecule has 0 spiro atoms. The van der Waals surface area contributed by atoms with Gasteiger partial charge in [0.15, 0.2) is 0 Å². The molecule has 2 N–H and O–H groups in total. The topological polar surface area (TPSA) is 24.1 Å². The molecule has 1 aromatic rings. The van der Waals surface area contributed by atoms with Gasteiger partial charge in [-0.05, 0) is 56.1 Å². The molecule has 3 heteroatoms. The maximum absolute atomic E-state index is 5.91. The molecule has 0 aromatic heterocycles. The van der Waals surface area contributed by atoms with Crippen LogP contribution in [0.3, 0.4) is 0 Å². The van der Waals surface area contributed by atoms with Crippen molar-refractivity contribution in [1.29, 1.82) is 0 Å². The molecule has 1 aromatic carbocycles. The molecule has 1 aliphatic rings. The van der Waals surface area contributed by atoms with Gasteiger partial charge in [-0.2, -0.15) is 0 Å². The Morgan fingerprint density at radius 3 is 3.07 bits per heavy atom. The zero-order valence-corrected chi connectivity index (χ0v) is 9.77. The first-order chi connectivity index (χ1) is 7.25. The van der Waals surface area contributed by atoms with E-state index in [1.165, 1.54) is 17.7 Å². The first-order valence-electron chi connectivity index (χ1n) is 5.46. The van der Waals surface area contributed by atoms with E-state index in [1.807, 2.05) is 12.1 Å². The van der Waals surface area contributed by atoms with Gasteiger partial charge in [0.05, 0.1) is 0 Å². The van der Waals surface area contributed by atoms with E-state index >= 15 is 0 Å². The number of hydrogen-bond acceptors (Lipinski definition) is 2. The summed E-state index contributed by atoms with van der Waals surface area (Å²) in [7, 11) is 0. The zero-order chi connectivity index (χ0) is 10.7. The van der Waals surface area contributed by atoms with Crippen molar-refractivity contribution in [2.24, 2.45) is 5.92 Å². The largest absolute Gasteiger partial charge is 0.385 e. The number of hydrogen-bond donors (Lipinski definition) is 2. The molecule has 82 valence electrons. The molecule has 2 nitrogen and oxygen atoms in total. The fourth-order valence-electron chi connectivity index (χ4n) is 1.97. The van der Waals surface area contributed by atoms with E-state index in [0.717, 1.165) is 30.6 Å². The molecule has 1 saturated heterocycles. The van der Waals surface area contributed by atoms with Crippen LogP contribution in [0.25, 0.3) is 0 Å². The molecular weight excluding hydrogens is 208 g/mol. The Kier molecular flexibility index (Phi) is 3.49. The van der Waals surface area contributed by atoms with E-state index in [4.69, 9.17) is 11.6 Å². The summed E-state index contributed by atoms with van der Waals surface area (Å²) in [6.07, 6.45) is 1.28. The Hall–Kier alpha value is -0.730. The number of halogens is 1. The van der Waals surface area contributed by atoms with Crippen LogP contribution in [-0.2, 0) is 0 Å². The van der Waals surface area contributed by atoms with Gasteiger partial charge in [0.25, 0.3) is 0 Å². The molecule has 1 heterocycles. The maximum Gasteiger partial charge on any atom is 0.0410 e. The van der Waals surface area contributed by atoms with Crippen LogP contribution in [0.15, 0.2) is 18.2 Å². The highest BCUT2D eigenvalue weighted by atomic mass is 35.5. The molecule has 1 atom stereocenters. The SMILES string of the molecule is Cc1cc(Cl)ccc1NCC1CCNC1. The molecule has 1 unspecified atom stereocenters. The fourth-order valence-corrected chi connectivity index (χ4v) is 2.20. The van der Waals surface area contributed by atoms with Crippen molar-refractivity contribution in [3.05, 3.63) is 28.8 Å². The summed E-state index contributed by atoms with van der Waals surface area (Å²) < 4.78 is 0. The first kappa shape index (κ1) is 10.8. The van der Waals surface area contributed by atoms with Gasteiger partial charge in [-0.15, -0.1) is 0 Å². The van der Waals surface area contributed by atoms with E-state index < -0.39 is 0 Å². The Morgan fingerprint density at radius 1 is 1.53 bits per heavy atom. The third-order valence-corrected chi connectivity index (χ3v) is 3.17. The molecule has 0 aliphatic carbocycles. The Balaban J connectivity index is 1.92. The molecule has 15 heavy (non-hydrogen) atoms. The summed E-state index contributed by atoms with van der Waals surface area (Å²) in [5.74, 6) is 0.764. The van der Waals surface area contributed by atoms with Gasteiger partial charge in [-0.3, -0.25) is 0 Å². The summed E-state index contributed by atoms with van der Waals surface area (Å²) in [6.45, 7) is 5.43. The van der Waals surface area contributed by atoms with E-state index in [0.29, 0.717) is 0 Å². The van der Waals surface area contributed by atoms with Crippen molar-refractivity contribution in [3.63, 3.8) is 0 Å². The lowest BCUT2D eigenvalue weighted by Crippen LogP contribution is -2.17. The van der Waals surface area contributed by atoms with Crippen LogP contribution in [-0.4, -0.2) is 19.6 Å². The molecule has 1 aliphatic heterocycles. The van der Waals surface area contributed by atoms with Gasteiger partial charge >= 0.3 is 0 Å². The quantitative estimate of drug-likeness (QED) is 0.825. The smallest absolute Gasteiger partial charge is 0.0410 e. The highest BCUT2D eigenvalue weighted by Crippen LogP contribution is 2.20. The maximum atomic E-state index is 5.91. The monoisotopic (exact) mass is 224 g/mol. The second-order valence-corrected chi connectivity index (χ2v) is 4.64. The predicted molar refractivity (Wildman–Crippen MR) is 65.7 cm³/mol. The molecular formula is C12H17ClN2. The number of rotatable bonds is 3. The third kappa shape index (κ3) is 2.86. The number of aryl methyl sites for hydroxylation is 1. The van der Waals surface area contributed by atoms with Crippen molar-refractivity contribution >= 4 is 17.3 Å². The van der Waals surface area contributed by atoms with Crippen LogP contribution in [0.1, 0.15) is 12.0 Å². The Labute approximate surface area is 96.0 Å². The van der Waals surface area contributed by atoms with E-state index in [-0.39, 0.29) is 0 Å². The standard InChI is InChI=1S/C12H17ClN2/c1-9-6-11(13)2-3-12(9)15-8-10-4-5-14-7-10/h2-3,6,10,14-15H,4-5,7-8H2,1H3. The van der Waals surface area contributed by atoms with E-state index in [2.05, 4.69) is 23.6 Å². The summed E-state index contributed by atoms with van der Waals surface area (Å²) in [6, 6.07) is 5.99. The Bertz CT molecular complexity index is 332. The predicted octanol–water partition coefficient (Wildman–Crippen LogP) is 2.67. The van der Waals surface area contributed by atoms with Crippen LogP contribution in [0, 0.1) is 12.8 Å². The average molecular weight is 225 g/mol. The number of anilines is 1. The van der Waals surface area contributed by atoms with Crippen molar-refractivity contribution in [3.8, 4) is 0 Å². The van der Waals surface area contributed by atoms with Gasteiger partial charge < -0.3 is 10.6 Å². The van der Waals surface area contributed by atoms with E-state index in [9.17, 15) is 0 Å². The highest BCUT2D eigenvalue weighted by molar-refractivity contribution is 6.30. The Morgan fingerprint density at radius 2 is 2.40 bits per heavy atom. The third-order valence-electron chi connectivity index (χ3n) is 2.93. The summed E-state index contributed by atoms with van der Waals surface area (Å²) >= 11 is 5.91. The number of nitrogens with one attached hydrogen (secondary N) is 2. The minimum absolute atomic E-state index is 0.764. The van der Waals surface area contributed by atoms with Crippen molar-refractivity contribution in [1.82, 2.24) is 5.32 Å². The van der Waals surface area contributed by atoms with Crippen LogP contribution in [0.5, 0.6) is 0 Å². The summed E-state index contributed by atoms with van der Waals surface area (Å²) in [5, 5.41) is 7.66. The van der Waals surface area contributed by atoms with Crippen LogP contribution < -0.4 is 10.6 Å². The lowest BCUT2D eigenvalue weighted by atomic mass is 10.1. The number of benzene rings is 1. The second-order valence-electron chi connectivity index (χ2n) is 4.20.